The Morgan fingerprint density at radius 3 is 2.25 bits per heavy atom. The molecule has 0 aliphatic rings. The summed E-state index contributed by atoms with van der Waals surface area (Å²) in [5.74, 6) is 0.578. The molecule has 1 aromatic carbocycles. The largest absolute Gasteiger partial charge is 0.316 e. The van der Waals surface area contributed by atoms with Gasteiger partial charge in [0.25, 0.3) is 0 Å². The number of nitrogens with one attached hydrogen (secondary N) is 1. The highest BCUT2D eigenvalue weighted by molar-refractivity contribution is 5.25. The summed E-state index contributed by atoms with van der Waals surface area (Å²) in [6, 6.07) is 9.12. The van der Waals surface area contributed by atoms with Crippen LogP contribution < -0.4 is 5.32 Å². The number of hydrogen-bond acceptors (Lipinski definition) is 2. The minimum Gasteiger partial charge on any atom is -0.316 e. The summed E-state index contributed by atoms with van der Waals surface area (Å²) in [5, 5.41) is 3.41. The van der Waals surface area contributed by atoms with E-state index in [1.54, 1.807) is 0 Å². The Hall–Kier alpha value is -0.860. The van der Waals surface area contributed by atoms with Gasteiger partial charge in [-0.25, -0.2) is 0 Å². The second-order valence-corrected chi connectivity index (χ2v) is 6.47. The van der Waals surface area contributed by atoms with Crippen LogP contribution in [0.1, 0.15) is 58.1 Å². The Morgan fingerprint density at radius 2 is 1.75 bits per heavy atom. The highest BCUT2D eigenvalue weighted by Crippen LogP contribution is 2.20. The molecule has 1 rings (SSSR count). The van der Waals surface area contributed by atoms with Crippen molar-refractivity contribution in [2.24, 2.45) is 0 Å². The maximum Gasteiger partial charge on any atom is 0.0235 e. The minimum absolute atomic E-state index is 0.261. The molecule has 0 saturated carbocycles. The second kappa shape index (κ2) is 7.80. The summed E-state index contributed by atoms with van der Waals surface area (Å²) in [7, 11) is 2.21. The molecule has 2 nitrogen and oxygen atoms in total. The number of benzene rings is 1. The molecule has 1 atom stereocenters. The van der Waals surface area contributed by atoms with Crippen molar-refractivity contribution in [2.75, 3.05) is 20.1 Å². The maximum atomic E-state index is 3.41. The number of hydrogen-bond donors (Lipinski definition) is 1. The van der Waals surface area contributed by atoms with Gasteiger partial charge < -0.3 is 5.32 Å². The molecule has 0 amide bonds. The smallest absolute Gasteiger partial charge is 0.0235 e. The van der Waals surface area contributed by atoms with Crippen molar-refractivity contribution in [1.29, 1.82) is 0 Å². The van der Waals surface area contributed by atoms with Crippen LogP contribution in [0.15, 0.2) is 24.3 Å². The maximum absolute atomic E-state index is 3.41. The molecule has 0 aliphatic heterocycles. The van der Waals surface area contributed by atoms with E-state index in [0.717, 1.165) is 19.6 Å². The fourth-order valence-corrected chi connectivity index (χ4v) is 2.19. The van der Waals surface area contributed by atoms with E-state index in [9.17, 15) is 0 Å². The van der Waals surface area contributed by atoms with E-state index in [1.807, 2.05) is 0 Å². The highest BCUT2D eigenvalue weighted by atomic mass is 15.2. The van der Waals surface area contributed by atoms with Gasteiger partial charge in [0.05, 0.1) is 0 Å². The van der Waals surface area contributed by atoms with Gasteiger partial charge in [0, 0.05) is 18.6 Å². The number of rotatable bonds is 8. The lowest BCUT2D eigenvalue weighted by atomic mass is 9.97. The van der Waals surface area contributed by atoms with Gasteiger partial charge in [-0.3, -0.25) is 4.90 Å². The van der Waals surface area contributed by atoms with Gasteiger partial charge in [-0.15, -0.1) is 0 Å². The molecule has 114 valence electrons. The molecule has 0 fully saturated rings. The molecule has 1 aromatic rings. The Kier molecular flexibility index (Phi) is 6.70. The van der Waals surface area contributed by atoms with Crippen molar-refractivity contribution in [3.8, 4) is 0 Å². The Labute approximate surface area is 125 Å². The predicted molar refractivity (Wildman–Crippen MR) is 89.2 cm³/mol. The van der Waals surface area contributed by atoms with Crippen LogP contribution in [0.4, 0.5) is 0 Å². The molecular weight excluding hydrogens is 244 g/mol. The molecule has 0 radical (unpaired) electrons. The van der Waals surface area contributed by atoms with Gasteiger partial charge in [0.2, 0.25) is 0 Å². The first-order valence-corrected chi connectivity index (χ1v) is 7.91. The van der Waals surface area contributed by atoms with Crippen LogP contribution in [0.2, 0.25) is 0 Å². The Morgan fingerprint density at radius 1 is 1.15 bits per heavy atom. The van der Waals surface area contributed by atoms with Gasteiger partial charge in [-0.2, -0.15) is 0 Å². The molecule has 20 heavy (non-hydrogen) atoms. The summed E-state index contributed by atoms with van der Waals surface area (Å²) in [5.41, 5.74) is 3.08. The Balaban J connectivity index is 2.63. The zero-order valence-electron chi connectivity index (χ0n) is 14.2. The van der Waals surface area contributed by atoms with Crippen LogP contribution in [-0.2, 0) is 6.54 Å². The fourth-order valence-electron chi connectivity index (χ4n) is 2.19. The SMILES string of the molecule is CCNCC(C)c1ccc(CN(C)C(C)(C)CC)cc1. The zero-order valence-corrected chi connectivity index (χ0v) is 14.2. The molecular formula is C18H32N2. The van der Waals surface area contributed by atoms with Gasteiger partial charge in [0.15, 0.2) is 0 Å². The molecule has 0 aliphatic carbocycles. The van der Waals surface area contributed by atoms with Gasteiger partial charge in [0.1, 0.15) is 0 Å². The normalized spacial score (nSPS) is 13.8. The summed E-state index contributed by atoms with van der Waals surface area (Å²) in [4.78, 5) is 2.43. The van der Waals surface area contributed by atoms with E-state index in [4.69, 9.17) is 0 Å². The van der Waals surface area contributed by atoms with Crippen molar-refractivity contribution in [3.63, 3.8) is 0 Å². The first kappa shape index (κ1) is 17.2. The van der Waals surface area contributed by atoms with Crippen LogP contribution in [0.5, 0.6) is 0 Å². The first-order chi connectivity index (χ1) is 9.40. The van der Waals surface area contributed by atoms with Crippen LogP contribution in [0, 0.1) is 0 Å². The molecule has 0 spiro atoms. The third-order valence-corrected chi connectivity index (χ3v) is 4.57. The summed E-state index contributed by atoms with van der Waals surface area (Å²) in [6.07, 6.45) is 1.17. The van der Waals surface area contributed by atoms with E-state index in [0.29, 0.717) is 5.92 Å². The average molecular weight is 276 g/mol. The Bertz CT molecular complexity index is 381. The quantitative estimate of drug-likeness (QED) is 0.771. The average Bonchev–Trinajstić information content (AvgIpc) is 2.45. The molecule has 1 N–H and O–H groups in total. The van der Waals surface area contributed by atoms with E-state index in [2.05, 4.69) is 76.1 Å². The van der Waals surface area contributed by atoms with Crippen molar-refractivity contribution < 1.29 is 0 Å². The third kappa shape index (κ3) is 4.92. The lowest BCUT2D eigenvalue weighted by Crippen LogP contribution is -2.39. The fraction of sp³-hybridized carbons (Fsp3) is 0.667. The standard InChI is InChI=1S/C18H32N2/c1-7-18(4,5)20(6)14-16-9-11-17(12-10-16)15(3)13-19-8-2/h9-12,15,19H,7-8,13-14H2,1-6H3. The van der Waals surface area contributed by atoms with Crippen molar-refractivity contribution >= 4 is 0 Å². The lowest BCUT2D eigenvalue weighted by molar-refractivity contribution is 0.143. The van der Waals surface area contributed by atoms with Gasteiger partial charge in [-0.05, 0) is 50.9 Å². The molecule has 0 heterocycles. The van der Waals surface area contributed by atoms with Crippen molar-refractivity contribution in [2.45, 2.75) is 59.0 Å². The van der Waals surface area contributed by atoms with Crippen molar-refractivity contribution in [3.05, 3.63) is 35.4 Å². The highest BCUT2D eigenvalue weighted by Gasteiger charge is 2.20. The lowest BCUT2D eigenvalue weighted by Gasteiger charge is -2.35. The topological polar surface area (TPSA) is 15.3 Å². The summed E-state index contributed by atoms with van der Waals surface area (Å²) >= 11 is 0. The molecule has 1 unspecified atom stereocenters. The van der Waals surface area contributed by atoms with Crippen LogP contribution in [0.25, 0.3) is 0 Å². The van der Waals surface area contributed by atoms with Crippen LogP contribution >= 0.6 is 0 Å². The molecule has 2 heteroatoms. The summed E-state index contributed by atoms with van der Waals surface area (Å²) < 4.78 is 0. The van der Waals surface area contributed by atoms with Gasteiger partial charge >= 0.3 is 0 Å². The van der Waals surface area contributed by atoms with Crippen molar-refractivity contribution in [1.82, 2.24) is 10.2 Å². The van der Waals surface area contributed by atoms with E-state index >= 15 is 0 Å². The molecule has 0 saturated heterocycles. The molecule has 0 aromatic heterocycles. The number of nitrogens with zero attached hydrogens (tertiary/aromatic N) is 1. The predicted octanol–water partition coefficient (Wildman–Crippen LogP) is 4.02. The second-order valence-electron chi connectivity index (χ2n) is 6.47. The van der Waals surface area contributed by atoms with E-state index in [-0.39, 0.29) is 5.54 Å². The number of likely N-dealkylation sites (N-methyl/N-ethyl adjacent to an activating group) is 1. The minimum atomic E-state index is 0.261. The zero-order chi connectivity index (χ0) is 15.2. The molecule has 0 bridgehead atoms. The van der Waals surface area contributed by atoms with E-state index < -0.39 is 0 Å². The van der Waals surface area contributed by atoms with Crippen LogP contribution in [-0.4, -0.2) is 30.6 Å². The first-order valence-electron chi connectivity index (χ1n) is 7.91. The third-order valence-electron chi connectivity index (χ3n) is 4.57. The van der Waals surface area contributed by atoms with Gasteiger partial charge in [-0.1, -0.05) is 45.0 Å². The van der Waals surface area contributed by atoms with E-state index in [1.165, 1.54) is 17.5 Å². The summed E-state index contributed by atoms with van der Waals surface area (Å²) in [6.45, 7) is 14.4. The van der Waals surface area contributed by atoms with Crippen LogP contribution in [0.3, 0.4) is 0 Å². The monoisotopic (exact) mass is 276 g/mol.